The Bertz CT molecular complexity index is 112. The summed E-state index contributed by atoms with van der Waals surface area (Å²) in [6, 6.07) is 0.725. The lowest BCUT2D eigenvalue weighted by atomic mass is 10.3. The fourth-order valence-electron chi connectivity index (χ4n) is 0.363. The summed E-state index contributed by atoms with van der Waals surface area (Å²) >= 11 is 11.1. The fraction of sp³-hybridized carbons (Fsp3) is 0.667. The molecular weight excluding hydrogens is 171 g/mol. The van der Waals surface area contributed by atoms with Crippen molar-refractivity contribution in [2.75, 3.05) is 0 Å². The number of hydrogen-bond donors (Lipinski definition) is 0. The molecule has 3 heteroatoms. The minimum absolute atomic E-state index is 0.725. The highest BCUT2D eigenvalue weighted by atomic mass is 35.7. The lowest BCUT2D eigenvalue weighted by molar-refractivity contribution is 0.983. The van der Waals surface area contributed by atoms with E-state index < -0.39 is 7.42 Å². The smallest absolute Gasteiger partial charge is 0.149 e. The summed E-state index contributed by atoms with van der Waals surface area (Å²) in [5.74, 6) is 5.92. The van der Waals surface area contributed by atoms with Gasteiger partial charge in [0, 0.05) is 12.5 Å². The monoisotopic (exact) mass is 180 g/mol. The van der Waals surface area contributed by atoms with Crippen molar-refractivity contribution in [1.29, 1.82) is 0 Å². The fourth-order valence-corrected chi connectivity index (χ4v) is 1.12. The highest BCUT2D eigenvalue weighted by molar-refractivity contribution is 7.34. The third-order valence-electron chi connectivity index (χ3n) is 0.756. The van der Waals surface area contributed by atoms with Crippen LogP contribution in [-0.2, 0) is 0 Å². The summed E-state index contributed by atoms with van der Waals surface area (Å²) in [7, 11) is -1.44. The molecule has 52 valence electrons. The predicted molar refractivity (Wildman–Crippen MR) is 46.3 cm³/mol. The van der Waals surface area contributed by atoms with Crippen LogP contribution in [0.15, 0.2) is 0 Å². The van der Waals surface area contributed by atoms with Crippen LogP contribution in [0.5, 0.6) is 0 Å². The van der Waals surface area contributed by atoms with Crippen LogP contribution >= 0.6 is 22.2 Å². The second-order valence-corrected chi connectivity index (χ2v) is 6.72. The van der Waals surface area contributed by atoms with Crippen molar-refractivity contribution in [2.24, 2.45) is 0 Å². The molecule has 0 aromatic rings. The van der Waals surface area contributed by atoms with Crippen molar-refractivity contribution in [2.45, 2.75) is 25.8 Å². The highest BCUT2D eigenvalue weighted by Gasteiger charge is 1.95. The van der Waals surface area contributed by atoms with Gasteiger partial charge in [0.25, 0.3) is 0 Å². The Morgan fingerprint density at radius 1 is 1.33 bits per heavy atom. The molecule has 0 saturated carbocycles. The predicted octanol–water partition coefficient (Wildman–Crippen LogP) is 2.49. The summed E-state index contributed by atoms with van der Waals surface area (Å²) in [4.78, 5) is 0. The van der Waals surface area contributed by atoms with Gasteiger partial charge in [-0.3, -0.25) is 0 Å². The first-order valence-corrected chi connectivity index (χ1v) is 7.32. The zero-order valence-electron chi connectivity index (χ0n) is 5.45. The van der Waals surface area contributed by atoms with E-state index in [0.29, 0.717) is 0 Å². The van der Waals surface area contributed by atoms with Crippen molar-refractivity contribution < 1.29 is 0 Å². The molecule has 0 N–H and O–H groups in total. The van der Waals surface area contributed by atoms with Crippen LogP contribution in [0.3, 0.4) is 0 Å². The van der Waals surface area contributed by atoms with E-state index >= 15 is 0 Å². The van der Waals surface area contributed by atoms with Gasteiger partial charge >= 0.3 is 0 Å². The molecule has 0 radical (unpaired) electrons. The molecule has 0 aliphatic carbocycles. The van der Waals surface area contributed by atoms with E-state index in [1.807, 2.05) is 0 Å². The van der Waals surface area contributed by atoms with Crippen LogP contribution in [0.2, 0.25) is 6.04 Å². The normalized spacial score (nSPS) is 8.89. The average Bonchev–Trinajstić information content (AvgIpc) is 1.80. The number of halogens is 2. The SMILES string of the molecule is CCCC#CC[SiH](Cl)Cl. The first kappa shape index (κ1) is 9.36. The molecule has 0 aromatic carbocycles. The Morgan fingerprint density at radius 2 is 2.00 bits per heavy atom. The summed E-state index contributed by atoms with van der Waals surface area (Å²) < 4.78 is 0. The quantitative estimate of drug-likeness (QED) is 0.349. The maximum atomic E-state index is 5.56. The van der Waals surface area contributed by atoms with Gasteiger partial charge in [-0.25, -0.2) is 0 Å². The van der Waals surface area contributed by atoms with Gasteiger partial charge < -0.3 is 0 Å². The van der Waals surface area contributed by atoms with Gasteiger partial charge in [-0.2, -0.15) is 0 Å². The zero-order valence-corrected chi connectivity index (χ0v) is 8.12. The molecule has 0 unspecified atom stereocenters. The van der Waals surface area contributed by atoms with Gasteiger partial charge in [0.2, 0.25) is 7.42 Å². The zero-order chi connectivity index (χ0) is 7.11. The molecule has 0 heterocycles. The number of unbranched alkanes of at least 4 members (excludes halogenated alkanes) is 1. The van der Waals surface area contributed by atoms with E-state index in [0.717, 1.165) is 18.9 Å². The minimum atomic E-state index is -1.44. The van der Waals surface area contributed by atoms with E-state index in [2.05, 4.69) is 18.8 Å². The molecule has 0 aliphatic heterocycles. The van der Waals surface area contributed by atoms with Gasteiger partial charge in [-0.05, 0) is 6.42 Å². The minimum Gasteiger partial charge on any atom is -0.149 e. The Labute approximate surface area is 67.6 Å². The van der Waals surface area contributed by atoms with Gasteiger partial charge in [-0.15, -0.1) is 34.0 Å². The van der Waals surface area contributed by atoms with E-state index in [9.17, 15) is 0 Å². The Balaban J connectivity index is 3.16. The van der Waals surface area contributed by atoms with Crippen LogP contribution in [-0.4, -0.2) is 7.42 Å². The Morgan fingerprint density at radius 3 is 2.44 bits per heavy atom. The number of hydrogen-bond acceptors (Lipinski definition) is 0. The third kappa shape index (κ3) is 8.36. The maximum Gasteiger partial charge on any atom is 0.248 e. The Kier molecular flexibility index (Phi) is 6.73. The van der Waals surface area contributed by atoms with E-state index in [1.165, 1.54) is 0 Å². The van der Waals surface area contributed by atoms with Crippen molar-refractivity contribution in [3.63, 3.8) is 0 Å². The van der Waals surface area contributed by atoms with Gasteiger partial charge in [0.1, 0.15) is 0 Å². The van der Waals surface area contributed by atoms with Crippen LogP contribution in [0.4, 0.5) is 0 Å². The lowest BCUT2D eigenvalue weighted by Gasteiger charge is -1.84. The molecule has 0 aliphatic rings. The van der Waals surface area contributed by atoms with Crippen molar-refractivity contribution in [3.8, 4) is 11.8 Å². The first-order valence-electron chi connectivity index (χ1n) is 3.01. The second kappa shape index (κ2) is 6.48. The topological polar surface area (TPSA) is 0 Å². The Hall–Kier alpha value is 0.357. The van der Waals surface area contributed by atoms with Gasteiger partial charge in [-0.1, -0.05) is 6.92 Å². The lowest BCUT2D eigenvalue weighted by Crippen LogP contribution is -1.86. The standard InChI is InChI=1S/C6H10Cl2Si/c1-2-3-4-5-6-9(7)8/h9H,2-3,6H2,1H3. The first-order chi connectivity index (χ1) is 4.27. The van der Waals surface area contributed by atoms with Crippen molar-refractivity contribution in [1.82, 2.24) is 0 Å². The molecule has 9 heavy (non-hydrogen) atoms. The summed E-state index contributed by atoms with van der Waals surface area (Å²) in [6.07, 6.45) is 2.08. The summed E-state index contributed by atoms with van der Waals surface area (Å²) in [6.45, 7) is 2.10. The average molecular weight is 181 g/mol. The van der Waals surface area contributed by atoms with Crippen molar-refractivity contribution >= 4 is 29.6 Å². The molecule has 0 atom stereocenters. The number of rotatable bonds is 2. The molecule has 0 fully saturated rings. The molecule has 0 saturated heterocycles. The second-order valence-electron chi connectivity index (χ2n) is 1.70. The molecule has 0 aromatic heterocycles. The molecule has 0 amide bonds. The third-order valence-corrected chi connectivity index (χ3v) is 2.19. The van der Waals surface area contributed by atoms with E-state index in [-0.39, 0.29) is 0 Å². The molecular formula is C6H10Cl2Si. The summed E-state index contributed by atoms with van der Waals surface area (Å²) in [5.41, 5.74) is 0. The van der Waals surface area contributed by atoms with Gasteiger partial charge in [0.15, 0.2) is 0 Å². The van der Waals surface area contributed by atoms with Crippen LogP contribution in [0.1, 0.15) is 19.8 Å². The molecule has 0 bridgehead atoms. The largest absolute Gasteiger partial charge is 0.248 e. The maximum absolute atomic E-state index is 5.56. The molecule has 0 nitrogen and oxygen atoms in total. The van der Waals surface area contributed by atoms with Crippen molar-refractivity contribution in [3.05, 3.63) is 0 Å². The summed E-state index contributed by atoms with van der Waals surface area (Å²) in [5, 5.41) is 0. The van der Waals surface area contributed by atoms with Crippen LogP contribution < -0.4 is 0 Å². The van der Waals surface area contributed by atoms with Gasteiger partial charge in [0.05, 0.1) is 0 Å². The molecule has 0 spiro atoms. The molecule has 0 rings (SSSR count). The highest BCUT2D eigenvalue weighted by Crippen LogP contribution is 2.00. The van der Waals surface area contributed by atoms with Crippen LogP contribution in [0, 0.1) is 11.8 Å². The van der Waals surface area contributed by atoms with E-state index in [4.69, 9.17) is 22.2 Å². The van der Waals surface area contributed by atoms with Crippen LogP contribution in [0.25, 0.3) is 0 Å². The van der Waals surface area contributed by atoms with E-state index in [1.54, 1.807) is 0 Å².